The van der Waals surface area contributed by atoms with E-state index in [0.29, 0.717) is 43.9 Å². The van der Waals surface area contributed by atoms with Crippen LogP contribution in [0.1, 0.15) is 64.1 Å². The van der Waals surface area contributed by atoms with Gasteiger partial charge >= 0.3 is 6.09 Å². The number of piperidine rings is 1. The molecule has 2 saturated heterocycles. The molecule has 1 unspecified atom stereocenters. The molecular formula is C32H36ClFN2O3. The Kier molecular flexibility index (Phi) is 7.36. The molecule has 5 rings (SSSR count). The molecule has 3 aromatic carbocycles. The number of ether oxygens (including phenoxy) is 1. The molecule has 5 nitrogen and oxygen atoms in total. The SMILES string of the molecule is C[C@@H](c1cc(Cl)cc2ccccc12)N1CCC(C2(c3ccc(F)cc3)CCN(C(=O)OC(C)(C)C)CC2)C1=O. The van der Waals surface area contributed by atoms with Crippen LogP contribution in [0.2, 0.25) is 5.02 Å². The molecule has 0 aromatic heterocycles. The molecular weight excluding hydrogens is 515 g/mol. The molecule has 0 bridgehead atoms. The minimum atomic E-state index is -0.578. The van der Waals surface area contributed by atoms with Gasteiger partial charge in [0.25, 0.3) is 0 Å². The highest BCUT2D eigenvalue weighted by Crippen LogP contribution is 2.48. The van der Waals surface area contributed by atoms with Gasteiger partial charge in [-0.2, -0.15) is 0 Å². The minimum Gasteiger partial charge on any atom is -0.444 e. The van der Waals surface area contributed by atoms with E-state index in [4.69, 9.17) is 16.3 Å². The van der Waals surface area contributed by atoms with Gasteiger partial charge in [-0.15, -0.1) is 0 Å². The van der Waals surface area contributed by atoms with Crippen LogP contribution in [0.4, 0.5) is 9.18 Å². The Morgan fingerprint density at radius 2 is 1.72 bits per heavy atom. The predicted octanol–water partition coefficient (Wildman–Crippen LogP) is 7.51. The van der Waals surface area contributed by atoms with Crippen molar-refractivity contribution in [1.82, 2.24) is 9.80 Å². The lowest BCUT2D eigenvalue weighted by atomic mass is 9.63. The van der Waals surface area contributed by atoms with Crippen LogP contribution < -0.4 is 0 Å². The molecule has 2 fully saturated rings. The van der Waals surface area contributed by atoms with Crippen LogP contribution >= 0.6 is 11.6 Å². The van der Waals surface area contributed by atoms with Crippen molar-refractivity contribution in [2.24, 2.45) is 5.92 Å². The average Bonchev–Trinajstić information content (AvgIpc) is 3.28. The smallest absolute Gasteiger partial charge is 0.410 e. The first kappa shape index (κ1) is 27.4. The second kappa shape index (κ2) is 10.5. The fourth-order valence-corrected chi connectivity index (χ4v) is 6.69. The number of fused-ring (bicyclic) bond motifs is 1. The van der Waals surface area contributed by atoms with Gasteiger partial charge in [0.1, 0.15) is 11.4 Å². The van der Waals surface area contributed by atoms with Crippen LogP contribution in [0.3, 0.4) is 0 Å². The van der Waals surface area contributed by atoms with E-state index in [1.165, 1.54) is 12.1 Å². The predicted molar refractivity (Wildman–Crippen MR) is 152 cm³/mol. The van der Waals surface area contributed by atoms with Crippen LogP contribution in [0, 0.1) is 11.7 Å². The molecule has 2 heterocycles. The maximum atomic E-state index is 14.2. The summed E-state index contributed by atoms with van der Waals surface area (Å²) in [6.07, 6.45) is 1.58. The maximum absolute atomic E-state index is 14.2. The summed E-state index contributed by atoms with van der Waals surface area (Å²) in [6, 6.07) is 18.4. The summed E-state index contributed by atoms with van der Waals surface area (Å²) >= 11 is 6.48. The van der Waals surface area contributed by atoms with Crippen LogP contribution in [-0.4, -0.2) is 47.0 Å². The second-order valence-electron chi connectivity index (χ2n) is 11.9. The van der Waals surface area contributed by atoms with Crippen molar-refractivity contribution >= 4 is 34.4 Å². The van der Waals surface area contributed by atoms with Crippen molar-refractivity contribution in [1.29, 1.82) is 0 Å². The summed E-state index contributed by atoms with van der Waals surface area (Å²) in [5.74, 6) is -0.473. The van der Waals surface area contributed by atoms with E-state index in [1.807, 2.05) is 68.1 Å². The van der Waals surface area contributed by atoms with Gasteiger partial charge in [0, 0.05) is 36.0 Å². The Morgan fingerprint density at radius 1 is 1.05 bits per heavy atom. The lowest BCUT2D eigenvalue weighted by Gasteiger charge is -2.45. The van der Waals surface area contributed by atoms with Crippen LogP contribution in [0.15, 0.2) is 60.7 Å². The number of likely N-dealkylation sites (tertiary alicyclic amines) is 2. The lowest BCUT2D eigenvalue weighted by Crippen LogP contribution is -2.51. The van der Waals surface area contributed by atoms with E-state index in [0.717, 1.165) is 21.9 Å². The first-order valence-corrected chi connectivity index (χ1v) is 14.1. The Bertz CT molecular complexity index is 1380. The highest BCUT2D eigenvalue weighted by atomic mass is 35.5. The number of carbonyl (C=O) groups is 2. The van der Waals surface area contributed by atoms with Crippen LogP contribution in [0.5, 0.6) is 0 Å². The van der Waals surface area contributed by atoms with E-state index in [9.17, 15) is 14.0 Å². The molecule has 2 aliphatic heterocycles. The third-order valence-electron chi connectivity index (χ3n) is 8.41. The van der Waals surface area contributed by atoms with Crippen LogP contribution in [0.25, 0.3) is 10.8 Å². The Balaban J connectivity index is 1.44. The highest BCUT2D eigenvalue weighted by molar-refractivity contribution is 6.31. The third-order valence-corrected chi connectivity index (χ3v) is 8.63. The maximum Gasteiger partial charge on any atom is 0.410 e. The molecule has 2 atom stereocenters. The van der Waals surface area contributed by atoms with E-state index in [-0.39, 0.29) is 29.8 Å². The monoisotopic (exact) mass is 550 g/mol. The second-order valence-corrected chi connectivity index (χ2v) is 12.3. The first-order valence-electron chi connectivity index (χ1n) is 13.7. The van der Waals surface area contributed by atoms with Gasteiger partial charge < -0.3 is 14.5 Å². The van der Waals surface area contributed by atoms with Gasteiger partial charge in [0.15, 0.2) is 0 Å². The van der Waals surface area contributed by atoms with E-state index in [1.54, 1.807) is 4.90 Å². The standard InChI is InChI=1S/C32H36ClFN2O3/c1-21(27-20-24(33)19-22-7-5-6-8-26(22)27)36-16-13-28(29(36)37)32(23-9-11-25(34)12-10-23)14-17-35(18-15-32)30(38)39-31(2,3)4/h5-12,19-21,28H,13-18H2,1-4H3/t21-,28?/m0/s1. The number of halogens is 2. The summed E-state index contributed by atoms with van der Waals surface area (Å²) in [5, 5.41) is 2.79. The topological polar surface area (TPSA) is 49.9 Å². The summed E-state index contributed by atoms with van der Waals surface area (Å²) in [4.78, 5) is 30.7. The summed E-state index contributed by atoms with van der Waals surface area (Å²) in [5.41, 5.74) is 0.913. The quantitative estimate of drug-likeness (QED) is 0.338. The zero-order valence-corrected chi connectivity index (χ0v) is 23.8. The zero-order chi connectivity index (χ0) is 27.9. The molecule has 0 N–H and O–H groups in total. The molecule has 2 aliphatic rings. The Morgan fingerprint density at radius 3 is 2.38 bits per heavy atom. The van der Waals surface area contributed by atoms with Gasteiger partial charge in [-0.05, 0) is 93.1 Å². The molecule has 3 aromatic rings. The number of nitrogens with zero attached hydrogens (tertiary/aromatic N) is 2. The van der Waals surface area contributed by atoms with E-state index >= 15 is 0 Å². The number of hydrogen-bond donors (Lipinski definition) is 0. The van der Waals surface area contributed by atoms with Crippen molar-refractivity contribution in [3.8, 4) is 0 Å². The number of hydrogen-bond acceptors (Lipinski definition) is 3. The molecule has 0 spiro atoms. The van der Waals surface area contributed by atoms with E-state index < -0.39 is 11.0 Å². The normalized spacial score (nSPS) is 20.4. The molecule has 206 valence electrons. The summed E-state index contributed by atoms with van der Waals surface area (Å²) in [6.45, 7) is 9.21. The molecule has 0 saturated carbocycles. The zero-order valence-electron chi connectivity index (χ0n) is 23.0. The van der Waals surface area contributed by atoms with Crippen molar-refractivity contribution in [3.05, 3.63) is 82.6 Å². The largest absolute Gasteiger partial charge is 0.444 e. The molecule has 7 heteroatoms. The fraction of sp³-hybridized carbons (Fsp3) is 0.438. The first-order chi connectivity index (χ1) is 18.5. The molecule has 0 aliphatic carbocycles. The van der Waals surface area contributed by atoms with Crippen molar-refractivity contribution in [2.45, 2.75) is 64.0 Å². The summed E-state index contributed by atoms with van der Waals surface area (Å²) < 4.78 is 19.5. The van der Waals surface area contributed by atoms with Gasteiger partial charge in [0.2, 0.25) is 5.91 Å². The molecule has 2 amide bonds. The number of amides is 2. The molecule has 0 radical (unpaired) electrons. The van der Waals surface area contributed by atoms with Gasteiger partial charge in [-0.25, -0.2) is 9.18 Å². The third kappa shape index (κ3) is 5.36. The average molecular weight is 551 g/mol. The van der Waals surface area contributed by atoms with Crippen molar-refractivity contribution in [3.63, 3.8) is 0 Å². The molecule has 39 heavy (non-hydrogen) atoms. The van der Waals surface area contributed by atoms with Crippen molar-refractivity contribution in [2.75, 3.05) is 19.6 Å². The lowest BCUT2D eigenvalue weighted by molar-refractivity contribution is -0.135. The Labute approximate surface area is 234 Å². The fourth-order valence-electron chi connectivity index (χ4n) is 6.45. The van der Waals surface area contributed by atoms with Gasteiger partial charge in [-0.1, -0.05) is 48.0 Å². The number of carbonyl (C=O) groups excluding carboxylic acids is 2. The number of benzene rings is 3. The highest BCUT2D eigenvalue weighted by Gasteiger charge is 2.51. The Hall–Kier alpha value is -3.12. The number of rotatable bonds is 4. The minimum absolute atomic E-state index is 0.0987. The van der Waals surface area contributed by atoms with Gasteiger partial charge in [0.05, 0.1) is 6.04 Å². The summed E-state index contributed by atoms with van der Waals surface area (Å²) in [7, 11) is 0. The van der Waals surface area contributed by atoms with Crippen molar-refractivity contribution < 1.29 is 18.7 Å². The van der Waals surface area contributed by atoms with E-state index in [2.05, 4.69) is 13.0 Å². The van der Waals surface area contributed by atoms with Crippen LogP contribution in [-0.2, 0) is 14.9 Å². The van der Waals surface area contributed by atoms with Gasteiger partial charge in [-0.3, -0.25) is 4.79 Å².